The molecule has 0 saturated heterocycles. The van der Waals surface area contributed by atoms with E-state index in [0.717, 1.165) is 22.4 Å². The van der Waals surface area contributed by atoms with Gasteiger partial charge in [0.05, 0.1) is 5.02 Å². The van der Waals surface area contributed by atoms with E-state index in [4.69, 9.17) is 27.6 Å². The summed E-state index contributed by atoms with van der Waals surface area (Å²) in [6, 6.07) is 12.8. The van der Waals surface area contributed by atoms with E-state index in [2.05, 4.69) is 27.9 Å². The minimum absolute atomic E-state index is 0.221. The Morgan fingerprint density at radius 3 is 2.59 bits per heavy atom. The smallest absolute Gasteiger partial charge is 0.248 e. The lowest BCUT2D eigenvalue weighted by Crippen LogP contribution is -2.09. The zero-order chi connectivity index (χ0) is 19.6. The summed E-state index contributed by atoms with van der Waals surface area (Å²) in [4.78, 5) is 12.2. The molecule has 1 amide bonds. The average molecular weight is 512 g/mol. The Kier molecular flexibility index (Phi) is 6.29. The van der Waals surface area contributed by atoms with Crippen LogP contribution in [0.15, 0.2) is 53.0 Å². The van der Waals surface area contributed by atoms with Crippen LogP contribution in [0.25, 0.3) is 17.4 Å². The normalized spacial score (nSPS) is 11.1. The number of anilines is 1. The van der Waals surface area contributed by atoms with Gasteiger partial charge in [-0.25, -0.2) is 0 Å². The van der Waals surface area contributed by atoms with Crippen molar-refractivity contribution in [2.75, 3.05) is 5.32 Å². The number of carbonyl (C=O) groups is 1. The Morgan fingerprint density at radius 1 is 1.07 bits per heavy atom. The molecule has 0 unspecified atom stereocenters. The third-order valence-corrected chi connectivity index (χ3v) is 5.70. The summed E-state index contributed by atoms with van der Waals surface area (Å²) in [5.74, 6) is 0.948. The molecular weight excluding hydrogens is 496 g/mol. The van der Waals surface area contributed by atoms with Crippen LogP contribution in [0.1, 0.15) is 16.9 Å². The highest BCUT2D eigenvalue weighted by atomic mass is 127. The van der Waals surface area contributed by atoms with E-state index in [1.54, 1.807) is 36.4 Å². The molecule has 3 rings (SSSR count). The molecule has 1 heterocycles. The van der Waals surface area contributed by atoms with Crippen LogP contribution in [0.4, 0.5) is 5.69 Å². The summed E-state index contributed by atoms with van der Waals surface area (Å²) in [7, 11) is 0. The van der Waals surface area contributed by atoms with Crippen LogP contribution >= 0.6 is 45.8 Å². The van der Waals surface area contributed by atoms with Crippen molar-refractivity contribution in [3.63, 3.8) is 0 Å². The van der Waals surface area contributed by atoms with E-state index < -0.39 is 0 Å². The van der Waals surface area contributed by atoms with Gasteiger partial charge in [0.1, 0.15) is 11.5 Å². The number of aryl methyl sites for hydroxylation is 2. The molecular formula is C21H16Cl2INO2. The molecule has 0 aliphatic heterocycles. The van der Waals surface area contributed by atoms with E-state index in [1.165, 1.54) is 9.65 Å². The number of amides is 1. The maximum atomic E-state index is 12.2. The monoisotopic (exact) mass is 511 g/mol. The molecule has 3 nitrogen and oxygen atoms in total. The van der Waals surface area contributed by atoms with Gasteiger partial charge in [0.25, 0.3) is 0 Å². The number of carbonyl (C=O) groups excluding carboxylic acids is 1. The van der Waals surface area contributed by atoms with Crippen molar-refractivity contribution < 1.29 is 9.21 Å². The Labute approximate surface area is 181 Å². The number of nitrogens with one attached hydrogen (secondary N) is 1. The first kappa shape index (κ1) is 20.0. The van der Waals surface area contributed by atoms with E-state index >= 15 is 0 Å². The summed E-state index contributed by atoms with van der Waals surface area (Å²) in [6.45, 7) is 3.98. The van der Waals surface area contributed by atoms with Gasteiger partial charge >= 0.3 is 0 Å². The molecule has 0 aliphatic carbocycles. The molecule has 0 aliphatic rings. The van der Waals surface area contributed by atoms with Crippen molar-refractivity contribution in [3.8, 4) is 11.3 Å². The van der Waals surface area contributed by atoms with E-state index in [-0.39, 0.29) is 5.91 Å². The van der Waals surface area contributed by atoms with Crippen LogP contribution in [0.5, 0.6) is 0 Å². The first-order valence-electron chi connectivity index (χ1n) is 8.14. The highest BCUT2D eigenvalue weighted by Gasteiger charge is 2.09. The summed E-state index contributed by atoms with van der Waals surface area (Å²) in [5, 5.41) is 3.97. The minimum Gasteiger partial charge on any atom is -0.457 e. The molecule has 1 aromatic heterocycles. The molecule has 0 bridgehead atoms. The summed E-state index contributed by atoms with van der Waals surface area (Å²) < 4.78 is 6.92. The lowest BCUT2D eigenvalue weighted by molar-refractivity contribution is -0.111. The molecule has 0 fully saturated rings. The zero-order valence-corrected chi connectivity index (χ0v) is 18.3. The second-order valence-electron chi connectivity index (χ2n) is 6.07. The van der Waals surface area contributed by atoms with Gasteiger partial charge < -0.3 is 9.73 Å². The van der Waals surface area contributed by atoms with Crippen molar-refractivity contribution in [2.24, 2.45) is 0 Å². The summed E-state index contributed by atoms with van der Waals surface area (Å²) >= 11 is 14.4. The van der Waals surface area contributed by atoms with Crippen LogP contribution in [0, 0.1) is 17.4 Å². The van der Waals surface area contributed by atoms with Crippen molar-refractivity contribution >= 4 is 63.5 Å². The fourth-order valence-electron chi connectivity index (χ4n) is 2.52. The quantitative estimate of drug-likeness (QED) is 0.299. The Balaban J connectivity index is 1.72. The van der Waals surface area contributed by atoms with Crippen molar-refractivity contribution in [1.29, 1.82) is 0 Å². The van der Waals surface area contributed by atoms with E-state index in [1.807, 2.05) is 26.0 Å². The lowest BCUT2D eigenvalue weighted by atomic mass is 10.1. The molecule has 0 radical (unpaired) electrons. The number of furan rings is 1. The Hall–Kier alpha value is -1.76. The molecule has 0 spiro atoms. The number of hydrogen-bond acceptors (Lipinski definition) is 2. The lowest BCUT2D eigenvalue weighted by Gasteiger charge is -2.09. The van der Waals surface area contributed by atoms with Crippen molar-refractivity contribution in [2.45, 2.75) is 13.8 Å². The Bertz CT molecular complexity index is 1040. The highest BCUT2D eigenvalue weighted by Crippen LogP contribution is 2.31. The van der Waals surface area contributed by atoms with Crippen LogP contribution in [0.2, 0.25) is 10.0 Å². The average Bonchev–Trinajstić information content (AvgIpc) is 3.06. The largest absolute Gasteiger partial charge is 0.457 e. The number of hydrogen-bond donors (Lipinski definition) is 1. The first-order chi connectivity index (χ1) is 12.8. The Morgan fingerprint density at radius 2 is 1.85 bits per heavy atom. The fourth-order valence-corrected chi connectivity index (χ4v) is 3.65. The molecule has 0 atom stereocenters. The fraction of sp³-hybridized carbons (Fsp3) is 0.0952. The SMILES string of the molecule is Cc1cc(NC(=O)/C=C/c2ccc(-c3ccc(Cl)cc3Cl)o2)c(C)cc1I. The van der Waals surface area contributed by atoms with E-state index in [9.17, 15) is 4.79 Å². The van der Waals surface area contributed by atoms with Crippen molar-refractivity contribution in [3.05, 3.63) is 79.0 Å². The molecule has 2 aromatic carbocycles. The summed E-state index contributed by atoms with van der Waals surface area (Å²) in [5.41, 5.74) is 3.69. The van der Waals surface area contributed by atoms with Gasteiger partial charge in [-0.1, -0.05) is 23.2 Å². The van der Waals surface area contributed by atoms with Crippen LogP contribution in [-0.2, 0) is 4.79 Å². The van der Waals surface area contributed by atoms with Crippen molar-refractivity contribution in [1.82, 2.24) is 0 Å². The predicted molar refractivity (Wildman–Crippen MR) is 120 cm³/mol. The third-order valence-electron chi connectivity index (χ3n) is 3.99. The number of benzene rings is 2. The molecule has 138 valence electrons. The molecule has 6 heteroatoms. The maximum Gasteiger partial charge on any atom is 0.248 e. The first-order valence-corrected chi connectivity index (χ1v) is 9.98. The molecule has 1 N–H and O–H groups in total. The predicted octanol–water partition coefficient (Wildman–Crippen LogP) is 7.13. The second-order valence-corrected chi connectivity index (χ2v) is 8.07. The van der Waals surface area contributed by atoms with Gasteiger partial charge in [-0.15, -0.1) is 0 Å². The molecule has 27 heavy (non-hydrogen) atoms. The number of halogens is 3. The van der Waals surface area contributed by atoms with Gasteiger partial charge in [-0.3, -0.25) is 4.79 Å². The standard InChI is InChI=1S/C21H16Cl2INO2/c1-12-10-19(13(2)9-18(12)24)25-21(26)8-5-15-4-7-20(27-15)16-6-3-14(22)11-17(16)23/h3-11H,1-2H3,(H,25,26)/b8-5+. The zero-order valence-electron chi connectivity index (χ0n) is 14.6. The second kappa shape index (κ2) is 8.50. The van der Waals surface area contributed by atoms with Gasteiger partial charge in [-0.05, 0) is 96.1 Å². The van der Waals surface area contributed by atoms with Gasteiger partial charge in [0, 0.05) is 25.9 Å². The van der Waals surface area contributed by atoms with Gasteiger partial charge in [0.2, 0.25) is 5.91 Å². The third kappa shape index (κ3) is 4.94. The topological polar surface area (TPSA) is 42.2 Å². The minimum atomic E-state index is -0.221. The van der Waals surface area contributed by atoms with Crippen LogP contribution < -0.4 is 5.32 Å². The van der Waals surface area contributed by atoms with E-state index in [0.29, 0.717) is 21.6 Å². The maximum absolute atomic E-state index is 12.2. The van der Waals surface area contributed by atoms with Gasteiger partial charge in [0.15, 0.2) is 0 Å². The van der Waals surface area contributed by atoms with Gasteiger partial charge in [-0.2, -0.15) is 0 Å². The molecule has 0 saturated carbocycles. The van der Waals surface area contributed by atoms with Crippen LogP contribution in [-0.4, -0.2) is 5.91 Å². The molecule has 3 aromatic rings. The highest BCUT2D eigenvalue weighted by molar-refractivity contribution is 14.1. The summed E-state index contributed by atoms with van der Waals surface area (Å²) in [6.07, 6.45) is 3.07. The van der Waals surface area contributed by atoms with Crippen LogP contribution in [0.3, 0.4) is 0 Å². The number of rotatable bonds is 4.